The van der Waals surface area contributed by atoms with Gasteiger partial charge in [-0.05, 0) is 33.3 Å². The molecular formula is C21H26ClFN6O2. The Labute approximate surface area is 184 Å². The van der Waals surface area contributed by atoms with Crippen molar-refractivity contribution in [2.75, 3.05) is 11.9 Å². The minimum absolute atomic E-state index is 0.0891. The number of nitrogens with one attached hydrogen (secondary N) is 2. The van der Waals surface area contributed by atoms with E-state index in [0.29, 0.717) is 27.7 Å². The summed E-state index contributed by atoms with van der Waals surface area (Å²) in [5, 5.41) is 20.3. The summed E-state index contributed by atoms with van der Waals surface area (Å²) < 4.78 is 15.7. The maximum absolute atomic E-state index is 14.1. The Hall–Kier alpha value is -2.78. The number of imidazole rings is 1. The smallest absolute Gasteiger partial charge is 0.255 e. The van der Waals surface area contributed by atoms with Crippen LogP contribution in [0, 0.1) is 0 Å². The second-order valence-corrected chi connectivity index (χ2v) is 8.42. The molecule has 31 heavy (non-hydrogen) atoms. The molecule has 0 aliphatic heterocycles. The van der Waals surface area contributed by atoms with Crippen LogP contribution in [0.1, 0.15) is 44.5 Å². The molecule has 0 radical (unpaired) electrons. The first-order chi connectivity index (χ1) is 14.6. The minimum atomic E-state index is -1.61. The van der Waals surface area contributed by atoms with E-state index in [1.807, 2.05) is 13.8 Å². The summed E-state index contributed by atoms with van der Waals surface area (Å²) >= 11 is 5.98. The number of amides is 1. The van der Waals surface area contributed by atoms with Gasteiger partial charge in [0.05, 0.1) is 46.5 Å². The minimum Gasteiger partial charge on any atom is -0.387 e. The lowest BCUT2D eigenvalue weighted by molar-refractivity contribution is -0.00177. The standard InChI is InChI=1S/C21H26ClFN6O2/c1-5-12(2)28-15-7-16(17-10-25-19-6-13(22)8-27-29(17)19)24-9-14(15)20(30)26-11-18(23)21(3,4)31/h6-10,12,18,31H,5,11H2,1-4H3,(H,24,28)(H,26,30)/t12-,18-/m1/s1. The molecule has 3 aromatic rings. The van der Waals surface area contributed by atoms with Crippen LogP contribution in [0.3, 0.4) is 0 Å². The molecule has 0 saturated heterocycles. The first-order valence-corrected chi connectivity index (χ1v) is 10.4. The van der Waals surface area contributed by atoms with Crippen LogP contribution in [0.4, 0.5) is 10.1 Å². The predicted octanol–water partition coefficient (Wildman–Crippen LogP) is 3.49. The second kappa shape index (κ2) is 9.15. The second-order valence-electron chi connectivity index (χ2n) is 7.99. The highest BCUT2D eigenvalue weighted by Gasteiger charge is 2.27. The number of pyridine rings is 1. The molecule has 0 fully saturated rings. The van der Waals surface area contributed by atoms with Gasteiger partial charge in [-0.15, -0.1) is 0 Å². The molecule has 0 aliphatic rings. The van der Waals surface area contributed by atoms with Gasteiger partial charge in [0.2, 0.25) is 0 Å². The van der Waals surface area contributed by atoms with E-state index in [0.717, 1.165) is 6.42 Å². The number of alkyl halides is 1. The number of hydrogen-bond acceptors (Lipinski definition) is 6. The van der Waals surface area contributed by atoms with Crippen molar-refractivity contribution in [3.63, 3.8) is 0 Å². The lowest BCUT2D eigenvalue weighted by Gasteiger charge is -2.23. The van der Waals surface area contributed by atoms with Crippen molar-refractivity contribution in [3.8, 4) is 11.4 Å². The fourth-order valence-electron chi connectivity index (χ4n) is 2.82. The number of aliphatic hydroxyl groups is 1. The molecule has 3 heterocycles. The number of anilines is 1. The third-order valence-electron chi connectivity index (χ3n) is 4.96. The highest BCUT2D eigenvalue weighted by atomic mass is 35.5. The van der Waals surface area contributed by atoms with Gasteiger partial charge >= 0.3 is 0 Å². The van der Waals surface area contributed by atoms with Crippen LogP contribution in [0.2, 0.25) is 5.02 Å². The molecule has 1 amide bonds. The zero-order valence-electron chi connectivity index (χ0n) is 17.9. The van der Waals surface area contributed by atoms with Crippen LogP contribution >= 0.6 is 11.6 Å². The maximum Gasteiger partial charge on any atom is 0.255 e. The maximum atomic E-state index is 14.1. The molecule has 10 heteroatoms. The van der Waals surface area contributed by atoms with Crippen molar-refractivity contribution in [1.82, 2.24) is 24.9 Å². The summed E-state index contributed by atoms with van der Waals surface area (Å²) in [6.45, 7) is 6.41. The molecule has 3 aromatic heterocycles. The number of nitrogens with zero attached hydrogens (tertiary/aromatic N) is 4. The van der Waals surface area contributed by atoms with Gasteiger partial charge in [0.25, 0.3) is 5.91 Å². The van der Waals surface area contributed by atoms with E-state index in [2.05, 4.69) is 25.7 Å². The van der Waals surface area contributed by atoms with Crippen LogP contribution in [-0.2, 0) is 0 Å². The first-order valence-electron chi connectivity index (χ1n) is 10.0. The molecule has 0 spiro atoms. The molecule has 0 aromatic carbocycles. The van der Waals surface area contributed by atoms with Crippen molar-refractivity contribution in [1.29, 1.82) is 0 Å². The Morgan fingerprint density at radius 2 is 2.03 bits per heavy atom. The third-order valence-corrected chi connectivity index (χ3v) is 5.17. The zero-order valence-corrected chi connectivity index (χ0v) is 18.6. The molecule has 3 rings (SSSR count). The third kappa shape index (κ3) is 5.29. The van der Waals surface area contributed by atoms with Gasteiger partial charge in [0.1, 0.15) is 11.9 Å². The quantitative estimate of drug-likeness (QED) is 0.487. The molecule has 0 aliphatic carbocycles. The fraction of sp³-hybridized carbons (Fsp3) is 0.429. The van der Waals surface area contributed by atoms with Crippen molar-refractivity contribution in [2.45, 2.75) is 51.9 Å². The summed E-state index contributed by atoms with van der Waals surface area (Å²) in [6.07, 6.45) is 3.80. The molecule has 0 unspecified atom stereocenters. The van der Waals surface area contributed by atoms with Gasteiger partial charge in [-0.3, -0.25) is 9.78 Å². The van der Waals surface area contributed by atoms with Gasteiger partial charge < -0.3 is 15.7 Å². The Bertz CT molecular complexity index is 1080. The summed E-state index contributed by atoms with van der Waals surface area (Å²) in [5.41, 5.74) is 1.05. The van der Waals surface area contributed by atoms with Crippen LogP contribution in [0.5, 0.6) is 0 Å². The molecule has 3 N–H and O–H groups in total. The van der Waals surface area contributed by atoms with Crippen molar-refractivity contribution in [3.05, 3.63) is 41.3 Å². The molecule has 166 valence electrons. The van der Waals surface area contributed by atoms with Gasteiger partial charge in [-0.2, -0.15) is 5.10 Å². The highest BCUT2D eigenvalue weighted by Crippen LogP contribution is 2.25. The predicted molar refractivity (Wildman–Crippen MR) is 118 cm³/mol. The van der Waals surface area contributed by atoms with Crippen LogP contribution in [-0.4, -0.2) is 55.0 Å². The monoisotopic (exact) mass is 448 g/mol. The van der Waals surface area contributed by atoms with E-state index >= 15 is 0 Å². The van der Waals surface area contributed by atoms with E-state index in [9.17, 15) is 14.3 Å². The number of carbonyl (C=O) groups excluding carboxylic acids is 1. The molecule has 0 saturated carbocycles. The van der Waals surface area contributed by atoms with Crippen LogP contribution in [0.15, 0.2) is 30.7 Å². The average molecular weight is 449 g/mol. The summed E-state index contributed by atoms with van der Waals surface area (Å²) in [7, 11) is 0. The number of hydrogen-bond donors (Lipinski definition) is 3. The largest absolute Gasteiger partial charge is 0.387 e. The van der Waals surface area contributed by atoms with E-state index < -0.39 is 17.7 Å². The van der Waals surface area contributed by atoms with E-state index in [1.165, 1.54) is 26.2 Å². The molecule has 8 nitrogen and oxygen atoms in total. The highest BCUT2D eigenvalue weighted by molar-refractivity contribution is 6.30. The Morgan fingerprint density at radius 1 is 1.29 bits per heavy atom. The normalized spacial score (nSPS) is 13.8. The summed E-state index contributed by atoms with van der Waals surface area (Å²) in [5.74, 6) is -0.486. The van der Waals surface area contributed by atoms with Crippen molar-refractivity contribution >= 4 is 28.8 Å². The zero-order chi connectivity index (χ0) is 22.8. The Morgan fingerprint density at radius 3 is 2.71 bits per heavy atom. The van der Waals surface area contributed by atoms with Crippen molar-refractivity contribution < 1.29 is 14.3 Å². The summed E-state index contributed by atoms with van der Waals surface area (Å²) in [6, 6.07) is 3.52. The lowest BCUT2D eigenvalue weighted by Crippen LogP contribution is -2.42. The molecular weight excluding hydrogens is 423 g/mol. The average Bonchev–Trinajstić information content (AvgIpc) is 3.13. The van der Waals surface area contributed by atoms with Crippen LogP contribution in [0.25, 0.3) is 17.0 Å². The first kappa shape index (κ1) is 22.9. The van der Waals surface area contributed by atoms with E-state index in [-0.39, 0.29) is 18.2 Å². The topological polar surface area (TPSA) is 104 Å². The van der Waals surface area contributed by atoms with E-state index in [1.54, 1.807) is 22.8 Å². The molecule has 2 atom stereocenters. The summed E-state index contributed by atoms with van der Waals surface area (Å²) in [4.78, 5) is 21.4. The lowest BCUT2D eigenvalue weighted by atomic mass is 10.0. The number of halogens is 2. The number of aromatic nitrogens is 4. The number of fused-ring (bicyclic) bond motifs is 1. The van der Waals surface area contributed by atoms with Gasteiger partial charge in [-0.25, -0.2) is 13.9 Å². The Balaban J connectivity index is 1.94. The van der Waals surface area contributed by atoms with Crippen molar-refractivity contribution in [2.24, 2.45) is 0 Å². The number of carbonyl (C=O) groups is 1. The van der Waals surface area contributed by atoms with Gasteiger partial charge in [-0.1, -0.05) is 18.5 Å². The van der Waals surface area contributed by atoms with Gasteiger partial charge in [0.15, 0.2) is 5.65 Å². The SMILES string of the molecule is CC[C@@H](C)Nc1cc(-c2cnc3cc(Cl)cnn23)ncc1C(=O)NC[C@@H](F)C(C)(C)O. The fourth-order valence-corrected chi connectivity index (χ4v) is 2.96. The molecule has 0 bridgehead atoms. The van der Waals surface area contributed by atoms with E-state index in [4.69, 9.17) is 11.6 Å². The van der Waals surface area contributed by atoms with Gasteiger partial charge in [0, 0.05) is 18.3 Å². The Kier molecular flexibility index (Phi) is 6.76. The van der Waals surface area contributed by atoms with Crippen LogP contribution < -0.4 is 10.6 Å². The number of rotatable bonds is 8.